The summed E-state index contributed by atoms with van der Waals surface area (Å²) in [6, 6.07) is 0.456. The number of anilines is 2. The molecule has 24 heavy (non-hydrogen) atoms. The van der Waals surface area contributed by atoms with Gasteiger partial charge < -0.3 is 19.3 Å². The molecule has 8 heteroatoms. The van der Waals surface area contributed by atoms with Crippen molar-refractivity contribution in [2.45, 2.75) is 50.7 Å². The molecule has 2 aliphatic heterocycles. The molecule has 1 spiro atoms. The summed E-state index contributed by atoms with van der Waals surface area (Å²) in [5.74, 6) is 1.33. The van der Waals surface area contributed by atoms with Gasteiger partial charge >= 0.3 is 0 Å². The molecule has 0 radical (unpaired) electrons. The summed E-state index contributed by atoms with van der Waals surface area (Å²) in [4.78, 5) is 18.1. The van der Waals surface area contributed by atoms with Gasteiger partial charge in [-0.1, -0.05) is 0 Å². The van der Waals surface area contributed by atoms with Crippen LogP contribution in [-0.2, 0) is 9.47 Å². The molecule has 3 aliphatic rings. The zero-order chi connectivity index (χ0) is 16.7. The zero-order valence-corrected chi connectivity index (χ0v) is 15.0. The lowest BCUT2D eigenvalue weighted by atomic mass is 9.74. The third kappa shape index (κ3) is 2.72. The van der Waals surface area contributed by atoms with Crippen LogP contribution in [0.25, 0.3) is 0 Å². The van der Waals surface area contributed by atoms with Gasteiger partial charge in [0.2, 0.25) is 17.2 Å². The average molecular weight is 354 g/mol. The summed E-state index contributed by atoms with van der Waals surface area (Å²) in [7, 11) is 0. The minimum atomic E-state index is 0.0241. The molecule has 1 aromatic rings. The molecule has 132 valence electrons. The predicted molar refractivity (Wildman–Crippen MR) is 91.8 cm³/mol. The number of halogens is 1. The van der Waals surface area contributed by atoms with Crippen LogP contribution in [0.15, 0.2) is 0 Å². The van der Waals surface area contributed by atoms with E-state index in [0.29, 0.717) is 31.7 Å². The molecule has 1 saturated carbocycles. The lowest BCUT2D eigenvalue weighted by molar-refractivity contribution is -0.00679. The highest BCUT2D eigenvalue weighted by atomic mass is 35.5. The summed E-state index contributed by atoms with van der Waals surface area (Å²) in [5.41, 5.74) is 0.0241. The smallest absolute Gasteiger partial charge is 0.232 e. The molecule has 1 aliphatic carbocycles. The van der Waals surface area contributed by atoms with Gasteiger partial charge in [0.05, 0.1) is 44.1 Å². The van der Waals surface area contributed by atoms with Crippen molar-refractivity contribution in [3.8, 4) is 0 Å². The van der Waals surface area contributed by atoms with E-state index in [1.807, 2.05) is 0 Å². The molecular weight excluding hydrogens is 330 g/mol. The average Bonchev–Trinajstić information content (AvgIpc) is 2.52. The summed E-state index contributed by atoms with van der Waals surface area (Å²) in [5, 5.41) is 0.252. The van der Waals surface area contributed by atoms with Crippen LogP contribution in [0.4, 0.5) is 11.9 Å². The van der Waals surface area contributed by atoms with Crippen molar-refractivity contribution < 1.29 is 9.47 Å². The fourth-order valence-corrected chi connectivity index (χ4v) is 4.15. The molecule has 0 bridgehead atoms. The number of nitrogens with zero attached hydrogens (tertiary/aromatic N) is 5. The minimum absolute atomic E-state index is 0.0241. The van der Waals surface area contributed by atoms with Crippen molar-refractivity contribution in [2.24, 2.45) is 0 Å². The maximum Gasteiger partial charge on any atom is 0.232 e. The lowest BCUT2D eigenvalue weighted by Gasteiger charge is -2.55. The van der Waals surface area contributed by atoms with E-state index < -0.39 is 0 Å². The first-order valence-corrected chi connectivity index (χ1v) is 9.10. The van der Waals surface area contributed by atoms with Gasteiger partial charge in [-0.2, -0.15) is 15.0 Å². The van der Waals surface area contributed by atoms with Gasteiger partial charge in [0.15, 0.2) is 0 Å². The molecule has 2 saturated heterocycles. The van der Waals surface area contributed by atoms with Crippen molar-refractivity contribution in [3.63, 3.8) is 0 Å². The van der Waals surface area contributed by atoms with E-state index in [1.165, 1.54) is 6.42 Å². The molecule has 0 aromatic carbocycles. The van der Waals surface area contributed by atoms with Gasteiger partial charge in [0.1, 0.15) is 0 Å². The third-order valence-electron chi connectivity index (χ3n) is 5.39. The molecule has 3 fully saturated rings. The number of rotatable bonds is 2. The topological polar surface area (TPSA) is 63.6 Å². The van der Waals surface area contributed by atoms with Crippen LogP contribution in [0.2, 0.25) is 5.28 Å². The SMILES string of the molecule is C[C@@H]1COCCN1c1nc(Cl)nc(N2[C@H](C)COCC23CCC3)n1. The second kappa shape index (κ2) is 6.28. The number of ether oxygens (including phenoxy) is 2. The Morgan fingerprint density at radius 3 is 2.50 bits per heavy atom. The second-order valence-electron chi connectivity index (χ2n) is 7.13. The first-order valence-electron chi connectivity index (χ1n) is 8.72. The van der Waals surface area contributed by atoms with E-state index in [9.17, 15) is 0 Å². The Bertz CT molecular complexity index is 612. The minimum Gasteiger partial charge on any atom is -0.377 e. The van der Waals surface area contributed by atoms with E-state index in [-0.39, 0.29) is 22.9 Å². The fourth-order valence-electron chi connectivity index (χ4n) is 4.00. The highest BCUT2D eigenvalue weighted by molar-refractivity contribution is 6.28. The predicted octanol–water partition coefficient (Wildman–Crippen LogP) is 1.90. The van der Waals surface area contributed by atoms with Crippen molar-refractivity contribution in [2.75, 3.05) is 42.8 Å². The number of hydrogen-bond donors (Lipinski definition) is 0. The fraction of sp³-hybridized carbons (Fsp3) is 0.812. The monoisotopic (exact) mass is 353 g/mol. The molecule has 0 N–H and O–H groups in total. The highest BCUT2D eigenvalue weighted by Gasteiger charge is 2.48. The number of hydrogen-bond acceptors (Lipinski definition) is 7. The Hall–Kier alpha value is -1.18. The van der Waals surface area contributed by atoms with Gasteiger partial charge in [-0.05, 0) is 44.7 Å². The van der Waals surface area contributed by atoms with Crippen LogP contribution in [0.5, 0.6) is 0 Å². The molecule has 7 nitrogen and oxygen atoms in total. The van der Waals surface area contributed by atoms with Gasteiger partial charge in [0.25, 0.3) is 0 Å². The van der Waals surface area contributed by atoms with Gasteiger partial charge in [-0.3, -0.25) is 0 Å². The highest BCUT2D eigenvalue weighted by Crippen LogP contribution is 2.43. The van der Waals surface area contributed by atoms with Crippen molar-refractivity contribution in [3.05, 3.63) is 5.28 Å². The first kappa shape index (κ1) is 16.3. The molecule has 3 heterocycles. The van der Waals surface area contributed by atoms with Gasteiger partial charge in [-0.25, -0.2) is 0 Å². The number of morpholine rings is 2. The Morgan fingerprint density at radius 2 is 1.79 bits per heavy atom. The molecule has 0 amide bonds. The largest absolute Gasteiger partial charge is 0.377 e. The Morgan fingerprint density at radius 1 is 1.04 bits per heavy atom. The maximum absolute atomic E-state index is 6.26. The van der Waals surface area contributed by atoms with Crippen LogP contribution in [0, 0.1) is 0 Å². The molecular formula is C16H24ClN5O2. The van der Waals surface area contributed by atoms with Crippen LogP contribution in [-0.4, -0.2) is 65.5 Å². The van der Waals surface area contributed by atoms with Crippen molar-refractivity contribution in [1.82, 2.24) is 15.0 Å². The van der Waals surface area contributed by atoms with E-state index in [2.05, 4.69) is 33.6 Å². The summed E-state index contributed by atoms with van der Waals surface area (Å²) in [6.07, 6.45) is 3.45. The molecule has 4 rings (SSSR count). The normalized spacial score (nSPS) is 29.6. The number of aromatic nitrogens is 3. The first-order chi connectivity index (χ1) is 11.6. The Balaban J connectivity index is 1.69. The van der Waals surface area contributed by atoms with Crippen LogP contribution < -0.4 is 9.80 Å². The summed E-state index contributed by atoms with van der Waals surface area (Å²) >= 11 is 6.26. The van der Waals surface area contributed by atoms with Crippen molar-refractivity contribution in [1.29, 1.82) is 0 Å². The van der Waals surface area contributed by atoms with E-state index >= 15 is 0 Å². The molecule has 1 aromatic heterocycles. The zero-order valence-electron chi connectivity index (χ0n) is 14.2. The molecule has 2 atom stereocenters. The maximum atomic E-state index is 6.26. The van der Waals surface area contributed by atoms with Crippen LogP contribution in [0.3, 0.4) is 0 Å². The van der Waals surface area contributed by atoms with E-state index in [4.69, 9.17) is 26.1 Å². The summed E-state index contributed by atoms with van der Waals surface area (Å²) in [6.45, 7) is 7.83. The van der Waals surface area contributed by atoms with Crippen LogP contribution in [0.1, 0.15) is 33.1 Å². The van der Waals surface area contributed by atoms with Gasteiger partial charge in [-0.15, -0.1) is 0 Å². The Labute approximate surface area is 147 Å². The van der Waals surface area contributed by atoms with Crippen LogP contribution >= 0.6 is 11.6 Å². The standard InChI is InChI=1S/C16H24ClN5O2/c1-11-8-23-7-6-21(11)14-18-13(17)19-15(20-14)22-12(2)9-24-10-16(22)4-3-5-16/h11-12H,3-10H2,1-2H3/t11-,12-/m1/s1. The summed E-state index contributed by atoms with van der Waals surface area (Å²) < 4.78 is 11.3. The van der Waals surface area contributed by atoms with E-state index in [0.717, 1.165) is 26.0 Å². The quantitative estimate of drug-likeness (QED) is 0.804. The third-order valence-corrected chi connectivity index (χ3v) is 5.56. The van der Waals surface area contributed by atoms with E-state index in [1.54, 1.807) is 0 Å². The Kier molecular flexibility index (Phi) is 4.26. The van der Waals surface area contributed by atoms with Crippen molar-refractivity contribution >= 4 is 23.5 Å². The second-order valence-corrected chi connectivity index (χ2v) is 7.47. The molecule has 0 unspecified atom stereocenters. The van der Waals surface area contributed by atoms with Gasteiger partial charge in [0, 0.05) is 6.54 Å². The lowest BCUT2D eigenvalue weighted by Crippen LogP contribution is -2.65.